The third-order valence-electron chi connectivity index (χ3n) is 5.74. The second-order valence-corrected chi connectivity index (χ2v) is 7.37. The lowest BCUT2D eigenvalue weighted by atomic mass is 9.87. The third kappa shape index (κ3) is 3.66. The first-order chi connectivity index (χ1) is 13.1. The number of hydrogen-bond acceptors (Lipinski definition) is 4. The maximum atomic E-state index is 12.3. The number of benzene rings is 2. The lowest BCUT2D eigenvalue weighted by molar-refractivity contribution is 0.0460. The lowest BCUT2D eigenvalue weighted by Crippen LogP contribution is -2.38. The predicted octanol–water partition coefficient (Wildman–Crippen LogP) is 3.43. The SMILES string of the molecule is C[C@H](c1nc2ccccc2c(=O)[nH]1)N1CCC([C@@H](O)c2ccccc2)CC1. The Kier molecular flexibility index (Phi) is 5.05. The van der Waals surface area contributed by atoms with Gasteiger partial charge in [-0.3, -0.25) is 9.69 Å². The molecule has 1 saturated heterocycles. The zero-order chi connectivity index (χ0) is 18.8. The molecule has 2 heterocycles. The Bertz CT molecular complexity index is 962. The van der Waals surface area contributed by atoms with Crippen molar-refractivity contribution in [1.82, 2.24) is 14.9 Å². The number of piperidine rings is 1. The summed E-state index contributed by atoms with van der Waals surface area (Å²) in [5, 5.41) is 11.3. The molecule has 2 N–H and O–H groups in total. The number of aromatic amines is 1. The van der Waals surface area contributed by atoms with Gasteiger partial charge in [0.25, 0.3) is 5.56 Å². The molecule has 1 fully saturated rings. The number of likely N-dealkylation sites (tertiary alicyclic amines) is 1. The first-order valence-electron chi connectivity index (χ1n) is 9.59. The molecule has 2 aromatic carbocycles. The Morgan fingerprint density at radius 1 is 1.07 bits per heavy atom. The van der Waals surface area contributed by atoms with Crippen molar-refractivity contribution >= 4 is 10.9 Å². The smallest absolute Gasteiger partial charge is 0.258 e. The van der Waals surface area contributed by atoms with Gasteiger partial charge in [-0.15, -0.1) is 0 Å². The van der Waals surface area contributed by atoms with Crippen LogP contribution in [0.5, 0.6) is 0 Å². The van der Waals surface area contributed by atoms with E-state index in [1.54, 1.807) is 6.07 Å². The molecule has 0 bridgehead atoms. The van der Waals surface area contributed by atoms with E-state index < -0.39 is 6.10 Å². The van der Waals surface area contributed by atoms with Gasteiger partial charge < -0.3 is 10.1 Å². The molecule has 0 spiro atoms. The monoisotopic (exact) mass is 363 g/mol. The molecule has 5 nitrogen and oxygen atoms in total. The molecule has 1 aromatic heterocycles. The van der Waals surface area contributed by atoms with Gasteiger partial charge in [0.1, 0.15) is 5.82 Å². The molecular formula is C22H25N3O2. The van der Waals surface area contributed by atoms with Crippen molar-refractivity contribution in [3.63, 3.8) is 0 Å². The molecule has 0 radical (unpaired) electrons. The van der Waals surface area contributed by atoms with E-state index >= 15 is 0 Å². The largest absolute Gasteiger partial charge is 0.388 e. The van der Waals surface area contributed by atoms with Crippen molar-refractivity contribution in [3.8, 4) is 0 Å². The third-order valence-corrected chi connectivity index (χ3v) is 5.74. The summed E-state index contributed by atoms with van der Waals surface area (Å²) in [6.45, 7) is 3.85. The van der Waals surface area contributed by atoms with Crippen molar-refractivity contribution in [2.24, 2.45) is 5.92 Å². The van der Waals surface area contributed by atoms with Gasteiger partial charge in [-0.25, -0.2) is 4.98 Å². The zero-order valence-corrected chi connectivity index (χ0v) is 15.5. The Morgan fingerprint density at radius 2 is 1.74 bits per heavy atom. The van der Waals surface area contributed by atoms with Crippen LogP contribution in [0.4, 0.5) is 0 Å². The molecule has 5 heteroatoms. The van der Waals surface area contributed by atoms with E-state index in [4.69, 9.17) is 0 Å². The molecule has 0 saturated carbocycles. The maximum Gasteiger partial charge on any atom is 0.258 e. The van der Waals surface area contributed by atoms with Crippen LogP contribution in [0.2, 0.25) is 0 Å². The second kappa shape index (κ2) is 7.62. The molecule has 1 aliphatic heterocycles. The minimum absolute atomic E-state index is 0.0390. The number of nitrogens with one attached hydrogen (secondary N) is 1. The minimum atomic E-state index is -0.415. The standard InChI is InChI=1S/C22H25N3O2/c1-15(21-23-19-10-6-5-9-18(19)22(27)24-21)25-13-11-17(12-14-25)20(26)16-7-3-2-4-8-16/h2-10,15,17,20,26H,11-14H2,1H3,(H,23,24,27)/t15-,20+/m1/s1. The quantitative estimate of drug-likeness (QED) is 0.745. The predicted molar refractivity (Wildman–Crippen MR) is 106 cm³/mol. The molecule has 4 rings (SSSR count). The average molecular weight is 363 g/mol. The Labute approximate surface area is 158 Å². The van der Waals surface area contributed by atoms with Gasteiger partial charge in [-0.1, -0.05) is 42.5 Å². The van der Waals surface area contributed by atoms with Crippen LogP contribution >= 0.6 is 0 Å². The topological polar surface area (TPSA) is 69.2 Å². The van der Waals surface area contributed by atoms with Gasteiger partial charge in [0.2, 0.25) is 0 Å². The van der Waals surface area contributed by atoms with Crippen LogP contribution in [0.1, 0.15) is 43.3 Å². The zero-order valence-electron chi connectivity index (χ0n) is 15.5. The first kappa shape index (κ1) is 17.9. The van der Waals surface area contributed by atoms with Crippen LogP contribution < -0.4 is 5.56 Å². The summed E-state index contributed by atoms with van der Waals surface area (Å²) in [5.41, 5.74) is 1.64. The van der Waals surface area contributed by atoms with Crippen LogP contribution in [-0.4, -0.2) is 33.1 Å². The number of aromatic nitrogens is 2. The number of H-pyrrole nitrogens is 1. The highest BCUT2D eigenvalue weighted by Crippen LogP contribution is 2.33. The van der Waals surface area contributed by atoms with Crippen LogP contribution in [0, 0.1) is 5.92 Å². The van der Waals surface area contributed by atoms with Gasteiger partial charge in [0, 0.05) is 0 Å². The molecule has 1 aliphatic rings. The van der Waals surface area contributed by atoms with Crippen molar-refractivity contribution in [3.05, 3.63) is 76.3 Å². The summed E-state index contributed by atoms with van der Waals surface area (Å²) in [6, 6.07) is 17.4. The van der Waals surface area contributed by atoms with E-state index in [0.717, 1.165) is 37.0 Å². The summed E-state index contributed by atoms with van der Waals surface area (Å²) in [6.07, 6.45) is 1.44. The van der Waals surface area contributed by atoms with Gasteiger partial charge in [0.05, 0.1) is 23.0 Å². The minimum Gasteiger partial charge on any atom is -0.388 e. The Balaban J connectivity index is 1.46. The van der Waals surface area contributed by atoms with Crippen LogP contribution in [0.15, 0.2) is 59.4 Å². The van der Waals surface area contributed by atoms with E-state index in [9.17, 15) is 9.90 Å². The summed E-state index contributed by atoms with van der Waals surface area (Å²) >= 11 is 0. The van der Waals surface area contributed by atoms with Crippen molar-refractivity contribution in [2.75, 3.05) is 13.1 Å². The first-order valence-corrected chi connectivity index (χ1v) is 9.59. The average Bonchev–Trinajstić information content (AvgIpc) is 2.73. The Morgan fingerprint density at radius 3 is 2.48 bits per heavy atom. The van der Waals surface area contributed by atoms with Crippen molar-refractivity contribution in [1.29, 1.82) is 0 Å². The molecule has 0 aliphatic carbocycles. The highest BCUT2D eigenvalue weighted by molar-refractivity contribution is 5.77. The molecule has 0 amide bonds. The molecule has 27 heavy (non-hydrogen) atoms. The number of fused-ring (bicyclic) bond motifs is 1. The van der Waals surface area contributed by atoms with Crippen molar-refractivity contribution < 1.29 is 5.11 Å². The van der Waals surface area contributed by atoms with E-state index in [1.807, 2.05) is 48.5 Å². The normalized spacial score (nSPS) is 18.4. The van der Waals surface area contributed by atoms with Gasteiger partial charge >= 0.3 is 0 Å². The van der Waals surface area contributed by atoms with Gasteiger partial charge in [-0.05, 0) is 56.5 Å². The summed E-state index contributed by atoms with van der Waals surface area (Å²) in [5.74, 6) is 0.972. The molecule has 140 valence electrons. The molecular weight excluding hydrogens is 338 g/mol. The highest BCUT2D eigenvalue weighted by Gasteiger charge is 2.29. The number of nitrogens with zero attached hydrogens (tertiary/aromatic N) is 2. The van der Waals surface area contributed by atoms with Crippen molar-refractivity contribution in [2.45, 2.75) is 31.9 Å². The number of aliphatic hydroxyl groups is 1. The number of rotatable bonds is 4. The van der Waals surface area contributed by atoms with E-state index in [-0.39, 0.29) is 17.5 Å². The maximum absolute atomic E-state index is 12.3. The Hall–Kier alpha value is -2.50. The fraction of sp³-hybridized carbons (Fsp3) is 0.364. The summed E-state index contributed by atoms with van der Waals surface area (Å²) in [4.78, 5) is 22.3. The number of hydrogen-bond donors (Lipinski definition) is 2. The number of para-hydroxylation sites is 1. The van der Waals surface area contributed by atoms with Gasteiger partial charge in [0.15, 0.2) is 0 Å². The molecule has 0 unspecified atom stereocenters. The van der Waals surface area contributed by atoms with E-state index in [1.165, 1.54) is 0 Å². The van der Waals surface area contributed by atoms with Crippen LogP contribution in [0.3, 0.4) is 0 Å². The number of aliphatic hydroxyl groups excluding tert-OH is 1. The van der Waals surface area contributed by atoms with E-state index in [0.29, 0.717) is 11.2 Å². The van der Waals surface area contributed by atoms with E-state index in [2.05, 4.69) is 21.8 Å². The molecule has 2 atom stereocenters. The molecule has 3 aromatic rings. The fourth-order valence-electron chi connectivity index (χ4n) is 4.02. The lowest BCUT2D eigenvalue weighted by Gasteiger charge is -2.37. The summed E-state index contributed by atoms with van der Waals surface area (Å²) < 4.78 is 0. The van der Waals surface area contributed by atoms with Gasteiger partial charge in [-0.2, -0.15) is 0 Å². The fourth-order valence-corrected chi connectivity index (χ4v) is 4.02. The highest BCUT2D eigenvalue weighted by atomic mass is 16.3. The van der Waals surface area contributed by atoms with Crippen LogP contribution in [-0.2, 0) is 0 Å². The second-order valence-electron chi connectivity index (χ2n) is 7.37. The summed E-state index contributed by atoms with van der Waals surface area (Å²) in [7, 11) is 0. The van der Waals surface area contributed by atoms with Crippen LogP contribution in [0.25, 0.3) is 10.9 Å².